The maximum Gasteiger partial charge on any atom is 0.240 e. The Morgan fingerprint density at radius 3 is 2.40 bits per heavy atom. The summed E-state index contributed by atoms with van der Waals surface area (Å²) in [5, 5.41) is 4.75. The van der Waals surface area contributed by atoms with E-state index in [1.165, 1.54) is 35.9 Å². The summed E-state index contributed by atoms with van der Waals surface area (Å²) in [6, 6.07) is 12.3. The number of carbonyl (C=O) groups excluding carboxylic acids is 2. The lowest BCUT2D eigenvalue weighted by Gasteiger charge is -2.57. The Bertz CT molecular complexity index is 1410. The third-order valence-electron chi connectivity index (χ3n) is 10.9. The second kappa shape index (κ2) is 9.46. The Balaban J connectivity index is 1.09. The number of fused-ring (bicyclic) bond motifs is 1. The van der Waals surface area contributed by atoms with Gasteiger partial charge in [0.1, 0.15) is 0 Å². The first-order valence-electron chi connectivity index (χ1n) is 15.3. The monoisotopic (exact) mass is 538 g/mol. The summed E-state index contributed by atoms with van der Waals surface area (Å²) in [7, 11) is 0. The van der Waals surface area contributed by atoms with Crippen LogP contribution in [0, 0.1) is 36.0 Å². The molecule has 5 fully saturated rings. The number of para-hydroxylation sites is 1. The van der Waals surface area contributed by atoms with Gasteiger partial charge in [-0.05, 0) is 104 Å². The first-order valence-corrected chi connectivity index (χ1v) is 15.3. The van der Waals surface area contributed by atoms with Crippen LogP contribution in [0.4, 0.5) is 0 Å². The number of nitrogens with one attached hydrogen (secondary N) is 2. The molecule has 0 aliphatic heterocycles. The molecule has 3 aromatic rings. The van der Waals surface area contributed by atoms with Gasteiger partial charge in [0.2, 0.25) is 11.8 Å². The van der Waals surface area contributed by atoms with Gasteiger partial charge in [-0.1, -0.05) is 38.1 Å². The second-order valence-corrected chi connectivity index (χ2v) is 14.2. The van der Waals surface area contributed by atoms with Crippen LogP contribution < -0.4 is 5.32 Å². The average Bonchev–Trinajstić information content (AvgIpc) is 3.24. The molecule has 2 heterocycles. The van der Waals surface area contributed by atoms with Gasteiger partial charge in [-0.25, -0.2) is 0 Å². The van der Waals surface area contributed by atoms with Crippen molar-refractivity contribution in [2.24, 2.45) is 29.1 Å². The lowest BCUT2D eigenvalue weighted by atomic mass is 9.53. The van der Waals surface area contributed by atoms with E-state index in [2.05, 4.69) is 60.3 Å². The van der Waals surface area contributed by atoms with Crippen molar-refractivity contribution in [1.29, 1.82) is 0 Å². The zero-order chi connectivity index (χ0) is 27.6. The van der Waals surface area contributed by atoms with E-state index in [9.17, 15) is 9.59 Å². The van der Waals surface area contributed by atoms with E-state index in [0.717, 1.165) is 48.1 Å². The molecule has 0 unspecified atom stereocenters. The molecule has 2 atom stereocenters. The van der Waals surface area contributed by atoms with Gasteiger partial charge in [0.25, 0.3) is 0 Å². The highest BCUT2D eigenvalue weighted by atomic mass is 16.2. The number of hydrogen-bond donors (Lipinski definition) is 2. The lowest BCUT2D eigenvalue weighted by Crippen LogP contribution is -2.61. The molecule has 2 aromatic heterocycles. The molecule has 2 amide bonds. The van der Waals surface area contributed by atoms with Crippen molar-refractivity contribution < 1.29 is 9.59 Å². The molecule has 0 radical (unpaired) electrons. The van der Waals surface area contributed by atoms with E-state index in [1.54, 1.807) is 17.3 Å². The zero-order valence-corrected chi connectivity index (χ0v) is 24.1. The lowest BCUT2D eigenvalue weighted by molar-refractivity contribution is -0.139. The van der Waals surface area contributed by atoms with Gasteiger partial charge >= 0.3 is 0 Å². The summed E-state index contributed by atoms with van der Waals surface area (Å²) < 4.78 is 0. The Morgan fingerprint density at radius 2 is 1.73 bits per heavy atom. The van der Waals surface area contributed by atoms with Crippen LogP contribution in [0.2, 0.25) is 0 Å². The molecule has 6 nitrogen and oxygen atoms in total. The van der Waals surface area contributed by atoms with Crippen molar-refractivity contribution >= 4 is 22.7 Å². The fraction of sp³-hybridized carbons (Fsp3) is 0.559. The van der Waals surface area contributed by atoms with E-state index < -0.39 is 0 Å². The number of H-pyrrole nitrogens is 1. The molecule has 5 saturated carbocycles. The number of nitrogens with zero attached hydrogens (tertiary/aromatic N) is 2. The van der Waals surface area contributed by atoms with Gasteiger partial charge in [0.05, 0.1) is 6.54 Å². The molecule has 4 bridgehead atoms. The normalized spacial score (nSPS) is 31.3. The number of rotatable bonds is 8. The van der Waals surface area contributed by atoms with Crippen LogP contribution >= 0.6 is 0 Å². The molecule has 40 heavy (non-hydrogen) atoms. The minimum atomic E-state index is -0.0503. The summed E-state index contributed by atoms with van der Waals surface area (Å²) in [5.74, 6) is 2.90. The summed E-state index contributed by atoms with van der Waals surface area (Å²) in [4.78, 5) is 37.1. The van der Waals surface area contributed by atoms with Crippen LogP contribution in [0.5, 0.6) is 0 Å². The largest absolute Gasteiger partial charge is 0.358 e. The molecule has 210 valence electrons. The number of pyridine rings is 1. The van der Waals surface area contributed by atoms with Gasteiger partial charge in [0, 0.05) is 47.5 Å². The van der Waals surface area contributed by atoms with Crippen molar-refractivity contribution in [1.82, 2.24) is 20.2 Å². The van der Waals surface area contributed by atoms with Gasteiger partial charge in [0.15, 0.2) is 0 Å². The predicted molar refractivity (Wildman–Crippen MR) is 156 cm³/mol. The molecular weight excluding hydrogens is 496 g/mol. The quantitative estimate of drug-likeness (QED) is 0.363. The molecular formula is C34H42N4O2. The first-order chi connectivity index (χ1) is 19.2. The van der Waals surface area contributed by atoms with Crippen LogP contribution in [0.15, 0.2) is 48.8 Å². The fourth-order valence-corrected chi connectivity index (χ4v) is 9.43. The van der Waals surface area contributed by atoms with Crippen LogP contribution in [0.3, 0.4) is 0 Å². The number of carbonyl (C=O) groups is 2. The smallest absolute Gasteiger partial charge is 0.240 e. The van der Waals surface area contributed by atoms with Crippen molar-refractivity contribution in [2.45, 2.75) is 83.7 Å². The van der Waals surface area contributed by atoms with Crippen LogP contribution in [-0.2, 0) is 16.1 Å². The molecule has 5 aliphatic rings. The number of aromatic amines is 1. The summed E-state index contributed by atoms with van der Waals surface area (Å²) >= 11 is 0. The third-order valence-corrected chi connectivity index (χ3v) is 10.9. The summed E-state index contributed by atoms with van der Waals surface area (Å²) in [6.07, 6.45) is 11.4. The zero-order valence-electron chi connectivity index (χ0n) is 24.1. The summed E-state index contributed by atoms with van der Waals surface area (Å²) in [6.45, 7) is 7.22. The van der Waals surface area contributed by atoms with Gasteiger partial charge < -0.3 is 15.2 Å². The number of aromatic nitrogens is 2. The molecule has 1 aromatic carbocycles. The Morgan fingerprint density at radius 1 is 1.02 bits per heavy atom. The number of amides is 2. The highest BCUT2D eigenvalue weighted by molar-refractivity contribution is 5.88. The topological polar surface area (TPSA) is 78.1 Å². The fourth-order valence-electron chi connectivity index (χ4n) is 9.43. The van der Waals surface area contributed by atoms with E-state index in [-0.39, 0.29) is 35.2 Å². The van der Waals surface area contributed by atoms with Crippen LogP contribution in [0.25, 0.3) is 10.9 Å². The van der Waals surface area contributed by atoms with E-state index >= 15 is 0 Å². The van der Waals surface area contributed by atoms with E-state index in [0.29, 0.717) is 18.9 Å². The maximum absolute atomic E-state index is 14.0. The minimum Gasteiger partial charge on any atom is -0.358 e. The maximum atomic E-state index is 14.0. The Labute approximate surface area is 237 Å². The van der Waals surface area contributed by atoms with Crippen molar-refractivity contribution in [2.75, 3.05) is 6.54 Å². The van der Waals surface area contributed by atoms with E-state index in [1.807, 2.05) is 12.1 Å². The summed E-state index contributed by atoms with van der Waals surface area (Å²) in [5.41, 5.74) is 4.62. The minimum absolute atomic E-state index is 0.00160. The number of aryl methyl sites for hydroxylation is 1. The standard InChI is InChI=1S/C34H42N4O2/c1-21-31(26-8-4-5-9-28(26)36-21)32-27(33(32,2)3)14-30(40)38(19-22-7-6-10-35-18-22)20-29(39)37-34-15-23-11-24(16-34)13-25(12-23)17-34/h4-10,18,23-25,27,32,36H,11-17,19-20H2,1-3H3,(H,37,39)/t23?,24?,25?,27-,32+,34?/m0/s1. The molecule has 0 saturated heterocycles. The number of benzene rings is 1. The van der Waals surface area contributed by atoms with Crippen LogP contribution in [-0.4, -0.2) is 38.8 Å². The Hall–Kier alpha value is -3.15. The SMILES string of the molecule is Cc1[nH]c2ccccc2c1[C@H]1[C@H](CC(=O)N(CC(=O)NC23CC4CC(CC(C4)C2)C3)Cc2cccnc2)C1(C)C. The molecule has 0 spiro atoms. The highest BCUT2D eigenvalue weighted by Crippen LogP contribution is 2.67. The Kier molecular flexibility index (Phi) is 6.10. The third kappa shape index (κ3) is 4.53. The average molecular weight is 539 g/mol. The van der Waals surface area contributed by atoms with Crippen molar-refractivity contribution in [3.63, 3.8) is 0 Å². The van der Waals surface area contributed by atoms with Gasteiger partial charge in [-0.15, -0.1) is 0 Å². The first kappa shape index (κ1) is 25.8. The van der Waals surface area contributed by atoms with Gasteiger partial charge in [-0.3, -0.25) is 14.6 Å². The molecule has 8 rings (SSSR count). The van der Waals surface area contributed by atoms with Crippen LogP contribution in [0.1, 0.15) is 81.5 Å². The predicted octanol–water partition coefficient (Wildman–Crippen LogP) is 6.11. The second-order valence-electron chi connectivity index (χ2n) is 14.2. The van der Waals surface area contributed by atoms with Crippen molar-refractivity contribution in [3.8, 4) is 0 Å². The highest BCUT2D eigenvalue weighted by Gasteiger charge is 2.60. The molecule has 5 aliphatic carbocycles. The van der Waals surface area contributed by atoms with E-state index in [4.69, 9.17) is 0 Å². The van der Waals surface area contributed by atoms with Crippen molar-refractivity contribution in [3.05, 3.63) is 65.6 Å². The molecule has 6 heteroatoms. The number of hydrogen-bond acceptors (Lipinski definition) is 3. The molecule has 2 N–H and O–H groups in total. The van der Waals surface area contributed by atoms with Gasteiger partial charge in [-0.2, -0.15) is 0 Å².